The van der Waals surface area contributed by atoms with Crippen LogP contribution in [0.25, 0.3) is 0 Å². The first kappa shape index (κ1) is 17.9. The van der Waals surface area contributed by atoms with E-state index in [4.69, 9.17) is 11.6 Å². The smallest absolute Gasteiger partial charge is 0.269 e. The topological polar surface area (TPSA) is 71.1 Å². The van der Waals surface area contributed by atoms with Crippen LogP contribution in [0.15, 0.2) is 42.6 Å². The van der Waals surface area contributed by atoms with Crippen LogP contribution in [0.3, 0.4) is 0 Å². The molecule has 1 aromatic heterocycles. The summed E-state index contributed by atoms with van der Waals surface area (Å²) in [6.45, 7) is 2.71. The maximum absolute atomic E-state index is 12.3. The molecule has 0 saturated heterocycles. The molecule has 2 rings (SSSR count). The average molecular weight is 346 g/mol. The van der Waals surface area contributed by atoms with E-state index >= 15 is 0 Å². The van der Waals surface area contributed by atoms with Crippen LogP contribution in [0, 0.1) is 0 Å². The Morgan fingerprint density at radius 3 is 2.54 bits per heavy atom. The lowest BCUT2D eigenvalue weighted by Crippen LogP contribution is -2.25. The van der Waals surface area contributed by atoms with Gasteiger partial charge in [-0.25, -0.2) is 0 Å². The quantitative estimate of drug-likeness (QED) is 0.747. The Labute approximate surface area is 146 Å². The molecule has 0 saturated carbocycles. The Morgan fingerprint density at radius 1 is 1.08 bits per heavy atom. The summed E-state index contributed by atoms with van der Waals surface area (Å²) in [6, 6.07) is 9.86. The fourth-order valence-electron chi connectivity index (χ4n) is 2.10. The molecule has 6 heteroatoms. The molecule has 0 spiro atoms. The van der Waals surface area contributed by atoms with Crippen LogP contribution in [0.5, 0.6) is 0 Å². The maximum Gasteiger partial charge on any atom is 0.269 e. The van der Waals surface area contributed by atoms with Crippen LogP contribution in [0.2, 0.25) is 5.02 Å². The largest absolute Gasteiger partial charge is 0.351 e. The van der Waals surface area contributed by atoms with Gasteiger partial charge in [-0.05, 0) is 42.8 Å². The van der Waals surface area contributed by atoms with Gasteiger partial charge in [0.1, 0.15) is 5.69 Å². The second-order valence-corrected chi connectivity index (χ2v) is 5.79. The summed E-state index contributed by atoms with van der Waals surface area (Å²) in [5.41, 5.74) is 1.24. The number of hydrogen-bond donors (Lipinski definition) is 2. The van der Waals surface area contributed by atoms with Crippen molar-refractivity contribution in [2.24, 2.45) is 0 Å². The first-order valence-corrected chi connectivity index (χ1v) is 8.29. The van der Waals surface area contributed by atoms with Crippen molar-refractivity contribution in [3.63, 3.8) is 0 Å². The highest BCUT2D eigenvalue weighted by atomic mass is 35.5. The summed E-state index contributed by atoms with van der Waals surface area (Å²) >= 11 is 5.82. The highest BCUT2D eigenvalue weighted by Gasteiger charge is 2.11. The number of anilines is 1. The van der Waals surface area contributed by atoms with Crippen LogP contribution >= 0.6 is 11.6 Å². The normalized spacial score (nSPS) is 10.2. The van der Waals surface area contributed by atoms with Gasteiger partial charge in [-0.3, -0.25) is 14.6 Å². The first-order valence-electron chi connectivity index (χ1n) is 7.91. The highest BCUT2D eigenvalue weighted by Crippen LogP contribution is 2.14. The van der Waals surface area contributed by atoms with Crippen molar-refractivity contribution in [1.29, 1.82) is 0 Å². The SMILES string of the molecule is CCCCCNC(=O)c1cc(C(=O)Nc2ccc(Cl)cc2)ccn1. The van der Waals surface area contributed by atoms with E-state index in [0.717, 1.165) is 19.3 Å². The van der Waals surface area contributed by atoms with Crippen molar-refractivity contribution in [3.05, 3.63) is 58.9 Å². The summed E-state index contributed by atoms with van der Waals surface area (Å²) in [7, 11) is 0. The summed E-state index contributed by atoms with van der Waals surface area (Å²) in [5.74, 6) is -0.577. The Morgan fingerprint density at radius 2 is 1.83 bits per heavy atom. The molecule has 0 bridgehead atoms. The van der Waals surface area contributed by atoms with Crippen LogP contribution < -0.4 is 10.6 Å². The fourth-order valence-corrected chi connectivity index (χ4v) is 2.23. The minimum atomic E-state index is -0.306. The number of carbonyl (C=O) groups excluding carboxylic acids is 2. The van der Waals surface area contributed by atoms with Gasteiger partial charge in [0.2, 0.25) is 0 Å². The zero-order valence-electron chi connectivity index (χ0n) is 13.5. The van der Waals surface area contributed by atoms with Gasteiger partial charge in [-0.15, -0.1) is 0 Å². The van der Waals surface area contributed by atoms with E-state index in [-0.39, 0.29) is 17.5 Å². The third-order valence-electron chi connectivity index (χ3n) is 3.42. The Bertz CT molecular complexity index is 702. The number of carbonyl (C=O) groups is 2. The number of nitrogens with zero attached hydrogens (tertiary/aromatic N) is 1. The fraction of sp³-hybridized carbons (Fsp3) is 0.278. The number of aromatic nitrogens is 1. The third kappa shape index (κ3) is 5.35. The van der Waals surface area contributed by atoms with Gasteiger partial charge in [0, 0.05) is 29.0 Å². The highest BCUT2D eigenvalue weighted by molar-refractivity contribution is 6.30. The molecule has 0 aliphatic heterocycles. The lowest BCUT2D eigenvalue weighted by molar-refractivity contribution is 0.0948. The van der Waals surface area contributed by atoms with Crippen molar-refractivity contribution < 1.29 is 9.59 Å². The zero-order chi connectivity index (χ0) is 17.4. The Kier molecular flexibility index (Phi) is 6.75. The zero-order valence-corrected chi connectivity index (χ0v) is 14.3. The second-order valence-electron chi connectivity index (χ2n) is 5.35. The third-order valence-corrected chi connectivity index (χ3v) is 3.67. The summed E-state index contributed by atoms with van der Waals surface area (Å²) in [4.78, 5) is 28.4. The summed E-state index contributed by atoms with van der Waals surface area (Å²) in [6.07, 6.45) is 4.54. The molecule has 0 aliphatic rings. The number of rotatable bonds is 7. The maximum atomic E-state index is 12.3. The van der Waals surface area contributed by atoms with Gasteiger partial charge in [0.25, 0.3) is 11.8 Å². The molecule has 2 N–H and O–H groups in total. The molecule has 0 aliphatic carbocycles. The van der Waals surface area contributed by atoms with E-state index in [1.165, 1.54) is 12.3 Å². The van der Waals surface area contributed by atoms with E-state index in [9.17, 15) is 9.59 Å². The van der Waals surface area contributed by atoms with Gasteiger partial charge in [0.15, 0.2) is 0 Å². The molecular formula is C18H20ClN3O2. The first-order chi connectivity index (χ1) is 11.6. The van der Waals surface area contributed by atoms with Crippen molar-refractivity contribution >= 4 is 29.1 Å². The Balaban J connectivity index is 1.99. The molecule has 2 aromatic rings. The van der Waals surface area contributed by atoms with E-state index in [1.807, 2.05) is 0 Å². The van der Waals surface area contributed by atoms with Crippen molar-refractivity contribution in [3.8, 4) is 0 Å². The summed E-state index contributed by atoms with van der Waals surface area (Å²) < 4.78 is 0. The number of benzene rings is 1. The lowest BCUT2D eigenvalue weighted by atomic mass is 10.2. The monoisotopic (exact) mass is 345 g/mol. The predicted molar refractivity (Wildman–Crippen MR) is 95.5 cm³/mol. The number of pyridine rings is 1. The molecule has 24 heavy (non-hydrogen) atoms. The number of halogens is 1. The van der Waals surface area contributed by atoms with Gasteiger partial charge in [-0.1, -0.05) is 31.4 Å². The second kappa shape index (κ2) is 9.03. The number of nitrogens with one attached hydrogen (secondary N) is 2. The molecule has 0 radical (unpaired) electrons. The lowest BCUT2D eigenvalue weighted by Gasteiger charge is -2.07. The number of hydrogen-bond acceptors (Lipinski definition) is 3. The van der Waals surface area contributed by atoms with Crippen molar-refractivity contribution in [1.82, 2.24) is 10.3 Å². The van der Waals surface area contributed by atoms with E-state index < -0.39 is 0 Å². The minimum Gasteiger partial charge on any atom is -0.351 e. The van der Waals surface area contributed by atoms with E-state index in [2.05, 4.69) is 22.5 Å². The average Bonchev–Trinajstić information content (AvgIpc) is 2.60. The van der Waals surface area contributed by atoms with Gasteiger partial charge in [-0.2, -0.15) is 0 Å². The van der Waals surface area contributed by atoms with Gasteiger partial charge < -0.3 is 10.6 Å². The van der Waals surface area contributed by atoms with Crippen LogP contribution in [-0.2, 0) is 0 Å². The molecule has 0 atom stereocenters. The number of unbranched alkanes of at least 4 members (excludes halogenated alkanes) is 2. The Hall–Kier alpha value is -2.40. The molecule has 126 valence electrons. The predicted octanol–water partition coefficient (Wildman–Crippen LogP) is 3.91. The van der Waals surface area contributed by atoms with Crippen LogP contribution in [0.4, 0.5) is 5.69 Å². The summed E-state index contributed by atoms with van der Waals surface area (Å²) in [5, 5.41) is 6.16. The van der Waals surface area contributed by atoms with Crippen molar-refractivity contribution in [2.75, 3.05) is 11.9 Å². The molecule has 2 amide bonds. The minimum absolute atomic E-state index is 0.232. The molecule has 0 fully saturated rings. The molecule has 0 unspecified atom stereocenters. The molecule has 1 heterocycles. The standard InChI is InChI=1S/C18H20ClN3O2/c1-2-3-4-10-21-18(24)16-12-13(9-11-20-16)17(23)22-15-7-5-14(19)6-8-15/h5-9,11-12H,2-4,10H2,1H3,(H,21,24)(H,22,23). The number of amides is 2. The van der Waals surface area contributed by atoms with Crippen LogP contribution in [-0.4, -0.2) is 23.3 Å². The molecule has 5 nitrogen and oxygen atoms in total. The van der Waals surface area contributed by atoms with Gasteiger partial charge in [0.05, 0.1) is 0 Å². The van der Waals surface area contributed by atoms with E-state index in [1.54, 1.807) is 30.3 Å². The van der Waals surface area contributed by atoms with Gasteiger partial charge >= 0.3 is 0 Å². The van der Waals surface area contributed by atoms with Crippen LogP contribution in [0.1, 0.15) is 47.0 Å². The molecular weight excluding hydrogens is 326 g/mol. The molecule has 1 aromatic carbocycles. The van der Waals surface area contributed by atoms with Crippen molar-refractivity contribution in [2.45, 2.75) is 26.2 Å². The van der Waals surface area contributed by atoms with E-state index in [0.29, 0.717) is 22.8 Å².